The molecule has 1 nitrogen and oxygen atoms in total. The summed E-state index contributed by atoms with van der Waals surface area (Å²) in [4.78, 5) is 2.42. The third-order valence-corrected chi connectivity index (χ3v) is 2.35. The summed E-state index contributed by atoms with van der Waals surface area (Å²) in [6.45, 7) is 6.48. The minimum Gasteiger partial charge on any atom is -0.306 e. The van der Waals surface area contributed by atoms with E-state index in [2.05, 4.69) is 18.9 Å². The Bertz CT molecular complexity index is 90.7. The third kappa shape index (κ3) is 2.30. The molecule has 1 rings (SSSR count). The molecular formula is C9H18N. The summed E-state index contributed by atoms with van der Waals surface area (Å²) < 4.78 is 0. The molecule has 0 saturated carbocycles. The van der Waals surface area contributed by atoms with Crippen molar-refractivity contribution in [1.82, 2.24) is 4.90 Å². The average Bonchev–Trinajstić information content (AvgIpc) is 2.31. The van der Waals surface area contributed by atoms with Crippen LogP contribution in [0.1, 0.15) is 25.7 Å². The van der Waals surface area contributed by atoms with Gasteiger partial charge in [-0.25, -0.2) is 0 Å². The first-order valence-corrected chi connectivity index (χ1v) is 4.30. The van der Waals surface area contributed by atoms with Crippen molar-refractivity contribution >= 4 is 0 Å². The van der Waals surface area contributed by atoms with Crippen LogP contribution in [-0.4, -0.2) is 25.0 Å². The summed E-state index contributed by atoms with van der Waals surface area (Å²) in [7, 11) is 2.21. The molecule has 1 saturated heterocycles. The highest BCUT2D eigenvalue weighted by Crippen LogP contribution is 2.19. The molecule has 59 valence electrons. The van der Waals surface area contributed by atoms with Crippen LogP contribution in [0.2, 0.25) is 0 Å². The first kappa shape index (κ1) is 8.06. The smallest absolute Gasteiger partial charge is 0.000708 e. The summed E-state index contributed by atoms with van der Waals surface area (Å²) in [6.07, 6.45) is 5.24. The maximum absolute atomic E-state index is 3.85. The minimum absolute atomic E-state index is 0.978. The lowest BCUT2D eigenvalue weighted by Gasteiger charge is -2.08. The first-order chi connectivity index (χ1) is 4.83. The summed E-state index contributed by atoms with van der Waals surface area (Å²) in [6, 6.07) is 0. The second kappa shape index (κ2) is 3.97. The van der Waals surface area contributed by atoms with E-state index in [1.165, 1.54) is 32.4 Å². The molecule has 0 spiro atoms. The van der Waals surface area contributed by atoms with Gasteiger partial charge in [-0.15, -0.1) is 0 Å². The van der Waals surface area contributed by atoms with Gasteiger partial charge in [0.2, 0.25) is 0 Å². The molecule has 1 heteroatoms. The van der Waals surface area contributed by atoms with Gasteiger partial charge in [0, 0.05) is 6.54 Å². The molecule has 1 unspecified atom stereocenters. The Morgan fingerprint density at radius 1 is 1.60 bits per heavy atom. The molecule has 1 fully saturated rings. The van der Waals surface area contributed by atoms with E-state index in [9.17, 15) is 0 Å². The molecule has 0 aromatic rings. The van der Waals surface area contributed by atoms with Gasteiger partial charge in [0.1, 0.15) is 0 Å². The number of likely N-dealkylation sites (tertiary alicyclic amines) is 1. The van der Waals surface area contributed by atoms with Crippen LogP contribution in [0.25, 0.3) is 0 Å². The zero-order valence-electron chi connectivity index (χ0n) is 6.97. The first-order valence-electron chi connectivity index (χ1n) is 4.30. The van der Waals surface area contributed by atoms with Crippen molar-refractivity contribution in [3.05, 3.63) is 6.92 Å². The molecule has 1 atom stereocenters. The number of rotatable bonds is 3. The zero-order valence-corrected chi connectivity index (χ0v) is 6.97. The van der Waals surface area contributed by atoms with E-state index in [0.29, 0.717) is 0 Å². The van der Waals surface area contributed by atoms with Gasteiger partial charge in [-0.05, 0) is 32.4 Å². The van der Waals surface area contributed by atoms with E-state index in [4.69, 9.17) is 0 Å². The van der Waals surface area contributed by atoms with Crippen molar-refractivity contribution in [2.45, 2.75) is 25.7 Å². The lowest BCUT2D eigenvalue weighted by molar-refractivity contribution is 0.385. The topological polar surface area (TPSA) is 3.24 Å². The lowest BCUT2D eigenvalue weighted by atomic mass is 10.0. The van der Waals surface area contributed by atoms with Crippen molar-refractivity contribution < 1.29 is 0 Å². The Labute approximate surface area is 64.4 Å². The highest BCUT2D eigenvalue weighted by Gasteiger charge is 2.17. The van der Waals surface area contributed by atoms with Crippen LogP contribution in [0.5, 0.6) is 0 Å². The fourth-order valence-electron chi connectivity index (χ4n) is 1.69. The highest BCUT2D eigenvalue weighted by molar-refractivity contribution is 4.72. The van der Waals surface area contributed by atoms with E-state index in [1.54, 1.807) is 0 Å². The summed E-state index contributed by atoms with van der Waals surface area (Å²) in [5.41, 5.74) is 0. The van der Waals surface area contributed by atoms with Gasteiger partial charge in [-0.3, -0.25) is 0 Å². The predicted molar refractivity (Wildman–Crippen MR) is 44.8 cm³/mol. The number of nitrogens with zero attached hydrogens (tertiary/aromatic N) is 1. The van der Waals surface area contributed by atoms with E-state index in [0.717, 1.165) is 12.3 Å². The molecule has 0 bridgehead atoms. The Morgan fingerprint density at radius 2 is 2.40 bits per heavy atom. The van der Waals surface area contributed by atoms with Crippen LogP contribution in [-0.2, 0) is 0 Å². The van der Waals surface area contributed by atoms with E-state index >= 15 is 0 Å². The molecule has 0 aromatic heterocycles. The van der Waals surface area contributed by atoms with Gasteiger partial charge in [0.05, 0.1) is 0 Å². The van der Waals surface area contributed by atoms with Gasteiger partial charge in [0.25, 0.3) is 0 Å². The standard InChI is InChI=1S/C9H18N/c1-3-4-5-9-6-7-10(2)8-9/h9H,1,3-8H2,2H3. The quantitative estimate of drug-likeness (QED) is 0.579. The van der Waals surface area contributed by atoms with Gasteiger partial charge in [0.15, 0.2) is 0 Å². The molecule has 1 heterocycles. The summed E-state index contributed by atoms with van der Waals surface area (Å²) in [5, 5.41) is 0. The van der Waals surface area contributed by atoms with Crippen LogP contribution >= 0.6 is 0 Å². The molecule has 0 amide bonds. The molecule has 10 heavy (non-hydrogen) atoms. The van der Waals surface area contributed by atoms with Crippen LogP contribution in [0.3, 0.4) is 0 Å². The molecule has 1 aliphatic rings. The number of hydrogen-bond acceptors (Lipinski definition) is 1. The largest absolute Gasteiger partial charge is 0.306 e. The molecule has 1 radical (unpaired) electrons. The fourth-order valence-corrected chi connectivity index (χ4v) is 1.69. The third-order valence-electron chi connectivity index (χ3n) is 2.35. The monoisotopic (exact) mass is 140 g/mol. The minimum atomic E-state index is 0.978. The van der Waals surface area contributed by atoms with Crippen molar-refractivity contribution in [3.63, 3.8) is 0 Å². The second-order valence-corrected chi connectivity index (χ2v) is 3.41. The molecular weight excluding hydrogens is 122 g/mol. The molecule has 0 aromatic carbocycles. The molecule has 1 aliphatic heterocycles. The van der Waals surface area contributed by atoms with E-state index in [1.807, 2.05) is 0 Å². The predicted octanol–water partition coefficient (Wildman–Crippen LogP) is 1.94. The van der Waals surface area contributed by atoms with Crippen LogP contribution in [0.15, 0.2) is 0 Å². The van der Waals surface area contributed by atoms with Gasteiger partial charge in [-0.1, -0.05) is 19.8 Å². The summed E-state index contributed by atoms with van der Waals surface area (Å²) in [5.74, 6) is 0.978. The van der Waals surface area contributed by atoms with Crippen LogP contribution in [0.4, 0.5) is 0 Å². The summed E-state index contributed by atoms with van der Waals surface area (Å²) >= 11 is 0. The normalized spacial score (nSPS) is 27.6. The SMILES string of the molecule is [CH2]CCCC1CCN(C)C1. The van der Waals surface area contributed by atoms with Crippen molar-refractivity contribution in [2.24, 2.45) is 5.92 Å². The van der Waals surface area contributed by atoms with Crippen LogP contribution < -0.4 is 0 Å². The van der Waals surface area contributed by atoms with Crippen LogP contribution in [0, 0.1) is 12.8 Å². The van der Waals surface area contributed by atoms with Crippen molar-refractivity contribution in [1.29, 1.82) is 0 Å². The Kier molecular flexibility index (Phi) is 3.20. The van der Waals surface area contributed by atoms with E-state index < -0.39 is 0 Å². The maximum atomic E-state index is 3.85. The Morgan fingerprint density at radius 3 is 2.90 bits per heavy atom. The maximum Gasteiger partial charge on any atom is 0.000708 e. The molecule has 0 aliphatic carbocycles. The average molecular weight is 140 g/mol. The number of hydrogen-bond donors (Lipinski definition) is 0. The van der Waals surface area contributed by atoms with Gasteiger partial charge < -0.3 is 4.90 Å². The van der Waals surface area contributed by atoms with E-state index in [-0.39, 0.29) is 0 Å². The van der Waals surface area contributed by atoms with Gasteiger partial charge in [-0.2, -0.15) is 0 Å². The van der Waals surface area contributed by atoms with Crippen molar-refractivity contribution in [2.75, 3.05) is 20.1 Å². The van der Waals surface area contributed by atoms with Crippen molar-refractivity contribution in [3.8, 4) is 0 Å². The molecule has 0 N–H and O–H groups in total. The highest BCUT2D eigenvalue weighted by atomic mass is 15.1. The Balaban J connectivity index is 2.06. The van der Waals surface area contributed by atoms with Gasteiger partial charge >= 0.3 is 0 Å². The zero-order chi connectivity index (χ0) is 7.40. The Hall–Kier alpha value is -0.0400. The number of unbranched alkanes of at least 4 members (excludes halogenated alkanes) is 1. The lowest BCUT2D eigenvalue weighted by Crippen LogP contribution is -2.13. The second-order valence-electron chi connectivity index (χ2n) is 3.41. The fraction of sp³-hybridized carbons (Fsp3) is 0.889.